The Morgan fingerprint density at radius 1 is 1.04 bits per heavy atom. The van der Waals surface area contributed by atoms with E-state index in [-0.39, 0.29) is 17.9 Å². The number of methoxy groups -OCH3 is 1. The van der Waals surface area contributed by atoms with Gasteiger partial charge in [0.25, 0.3) is 0 Å². The van der Waals surface area contributed by atoms with Gasteiger partial charge in [0.2, 0.25) is 5.91 Å². The summed E-state index contributed by atoms with van der Waals surface area (Å²) < 4.78 is 10.8. The summed E-state index contributed by atoms with van der Waals surface area (Å²) in [4.78, 5) is 46.6. The number of aryl methyl sites for hydroxylation is 1. The van der Waals surface area contributed by atoms with E-state index in [0.717, 1.165) is 64.7 Å². The van der Waals surface area contributed by atoms with Gasteiger partial charge in [-0.15, -0.1) is 11.3 Å². The minimum absolute atomic E-state index is 0.105. The van der Waals surface area contributed by atoms with Crippen LogP contribution in [0.15, 0.2) is 47.2 Å². The summed E-state index contributed by atoms with van der Waals surface area (Å²) in [6.45, 7) is 6.43. The van der Waals surface area contributed by atoms with E-state index in [2.05, 4.69) is 55.8 Å². The van der Waals surface area contributed by atoms with E-state index >= 15 is 0 Å². The Hall–Kier alpha value is -4.97. The van der Waals surface area contributed by atoms with Crippen molar-refractivity contribution in [2.75, 3.05) is 13.7 Å². The zero-order valence-electron chi connectivity index (χ0n) is 30.0. The Morgan fingerprint density at radius 2 is 1.83 bits per heavy atom. The average molecular weight is 718 g/mol. The van der Waals surface area contributed by atoms with Gasteiger partial charge in [0.05, 0.1) is 47.7 Å². The molecule has 9 rings (SSSR count). The van der Waals surface area contributed by atoms with Gasteiger partial charge in [-0.1, -0.05) is 44.0 Å². The van der Waals surface area contributed by atoms with Crippen molar-refractivity contribution in [1.29, 1.82) is 0 Å². The number of hydrogen-bond donors (Lipinski definition) is 3. The summed E-state index contributed by atoms with van der Waals surface area (Å²) >= 11 is 1.88. The van der Waals surface area contributed by atoms with Gasteiger partial charge >= 0.3 is 6.09 Å². The Bertz CT molecular complexity index is 2340. The number of aromatic nitrogens is 5. The molecule has 1 aliphatic heterocycles. The number of benzene rings is 2. The van der Waals surface area contributed by atoms with Gasteiger partial charge in [-0.2, -0.15) is 0 Å². The summed E-state index contributed by atoms with van der Waals surface area (Å²) in [5.74, 6) is 1.40. The van der Waals surface area contributed by atoms with E-state index in [1.54, 1.807) is 0 Å². The molecule has 2 atom stereocenters. The first-order valence-electron chi connectivity index (χ1n) is 18.4. The average Bonchev–Trinajstić information content (AvgIpc) is 3.99. The van der Waals surface area contributed by atoms with Crippen molar-refractivity contribution < 1.29 is 18.8 Å². The lowest BCUT2D eigenvalue weighted by atomic mass is 9.83. The third-order valence-corrected chi connectivity index (χ3v) is 13.0. The standard InChI is InChI=1S/C40H43N7O4S/c1-21(2)33(46-39(49)50-4)38(48)47-15-7-8-32(47)37-41-20-31(45-37)25-11-10-24(28-19-42-51-34(25)28)36-27-18-40(13-5-6-14-40)17-26(27)35(52-36)23-9-12-29-30(16-23)44-22(3)43-29/h9-12,16,19-21,32-33H,5-8,13-15,17-18H2,1-4H3,(H,41,45)(H,43,44)(H,46,49). The minimum Gasteiger partial charge on any atom is -0.453 e. The van der Waals surface area contributed by atoms with Gasteiger partial charge in [-0.25, -0.2) is 14.8 Å². The molecule has 1 saturated heterocycles. The summed E-state index contributed by atoms with van der Waals surface area (Å²) in [5, 5.41) is 8.01. The molecule has 6 aromatic rings. The first kappa shape index (κ1) is 32.9. The number of ether oxygens (including phenoxy) is 1. The molecular weight excluding hydrogens is 675 g/mol. The molecule has 1 spiro atoms. The number of rotatable bonds is 7. The highest BCUT2D eigenvalue weighted by atomic mass is 32.1. The van der Waals surface area contributed by atoms with Crippen molar-refractivity contribution in [1.82, 2.24) is 35.3 Å². The quantitative estimate of drug-likeness (QED) is 0.150. The van der Waals surface area contributed by atoms with E-state index in [4.69, 9.17) is 14.2 Å². The number of hydrogen-bond acceptors (Lipinski definition) is 8. The Morgan fingerprint density at radius 3 is 2.62 bits per heavy atom. The van der Waals surface area contributed by atoms with E-state index in [0.29, 0.717) is 23.4 Å². The third kappa shape index (κ3) is 5.41. The van der Waals surface area contributed by atoms with Crippen LogP contribution in [-0.2, 0) is 22.4 Å². The molecular formula is C40H43N7O4S. The van der Waals surface area contributed by atoms with Crippen molar-refractivity contribution >= 4 is 45.3 Å². The third-order valence-electron chi connectivity index (χ3n) is 11.6. The Kier molecular flexibility index (Phi) is 7.98. The summed E-state index contributed by atoms with van der Waals surface area (Å²) in [5.41, 5.74) is 10.2. The maximum atomic E-state index is 13.7. The number of imidazole rings is 2. The number of fused-ring (bicyclic) bond motifs is 3. The normalized spacial score (nSPS) is 18.6. The fraction of sp³-hybridized carbons (Fsp3) is 0.425. The van der Waals surface area contributed by atoms with Crippen molar-refractivity contribution in [3.63, 3.8) is 0 Å². The molecule has 5 heterocycles. The second-order valence-electron chi connectivity index (χ2n) is 15.3. The van der Waals surface area contributed by atoms with Gasteiger partial charge in [0.1, 0.15) is 17.7 Å². The number of carbonyl (C=O) groups excluding carboxylic acids is 2. The van der Waals surface area contributed by atoms with Crippen LogP contribution in [0.1, 0.15) is 81.2 Å². The van der Waals surface area contributed by atoms with Crippen molar-refractivity contribution in [3.05, 3.63) is 65.5 Å². The first-order chi connectivity index (χ1) is 25.2. The number of nitrogens with zero attached hydrogens (tertiary/aromatic N) is 4. The molecule has 3 aliphatic rings. The van der Waals surface area contributed by atoms with Gasteiger partial charge in [0, 0.05) is 27.4 Å². The molecule has 11 nitrogen and oxygen atoms in total. The largest absolute Gasteiger partial charge is 0.453 e. The molecule has 268 valence electrons. The zero-order chi connectivity index (χ0) is 35.7. The number of thiophene rings is 1. The van der Waals surface area contributed by atoms with E-state index < -0.39 is 12.1 Å². The van der Waals surface area contributed by atoms with Crippen LogP contribution in [0.3, 0.4) is 0 Å². The topological polar surface area (TPSA) is 142 Å². The predicted octanol–water partition coefficient (Wildman–Crippen LogP) is 8.50. The molecule has 4 aromatic heterocycles. The van der Waals surface area contributed by atoms with E-state index in [1.807, 2.05) is 49.4 Å². The second kappa shape index (κ2) is 12.6. The Labute approximate surface area is 305 Å². The van der Waals surface area contributed by atoms with Crippen LogP contribution in [0.4, 0.5) is 4.79 Å². The van der Waals surface area contributed by atoms with Crippen molar-refractivity contribution in [2.45, 2.75) is 84.2 Å². The van der Waals surface area contributed by atoms with E-state index in [9.17, 15) is 9.59 Å². The number of nitrogens with one attached hydrogen (secondary N) is 3. The van der Waals surface area contributed by atoms with Crippen LogP contribution in [0.25, 0.3) is 54.1 Å². The molecule has 0 bridgehead atoms. The van der Waals surface area contributed by atoms with E-state index in [1.165, 1.54) is 59.2 Å². The lowest BCUT2D eigenvalue weighted by Crippen LogP contribution is -2.51. The molecule has 0 radical (unpaired) electrons. The minimum atomic E-state index is -0.691. The first-order valence-corrected chi connectivity index (χ1v) is 19.2. The number of carbonyl (C=O) groups is 2. The predicted molar refractivity (Wildman–Crippen MR) is 201 cm³/mol. The summed E-state index contributed by atoms with van der Waals surface area (Å²) in [6, 6.07) is 10.0. The SMILES string of the molecule is COC(=O)NC(C(=O)N1CCCC1c1ncc(-c2ccc(-c3sc(-c4ccc5nc(C)[nH]c5c4)c4c3CC3(CCCC3)C4)c3cnoc23)[nH]1)C(C)C. The van der Waals surface area contributed by atoms with Crippen LogP contribution >= 0.6 is 11.3 Å². The molecule has 2 aliphatic carbocycles. The van der Waals surface area contributed by atoms with Crippen LogP contribution in [0, 0.1) is 18.3 Å². The molecule has 2 unspecified atom stereocenters. The highest BCUT2D eigenvalue weighted by molar-refractivity contribution is 7.19. The zero-order valence-corrected chi connectivity index (χ0v) is 30.8. The molecule has 2 amide bonds. The summed E-state index contributed by atoms with van der Waals surface area (Å²) in [7, 11) is 1.30. The van der Waals surface area contributed by atoms with Crippen LogP contribution in [0.5, 0.6) is 0 Å². The van der Waals surface area contributed by atoms with Crippen LogP contribution in [-0.4, -0.2) is 61.7 Å². The van der Waals surface area contributed by atoms with Gasteiger partial charge in [-0.3, -0.25) is 4.79 Å². The molecule has 52 heavy (non-hydrogen) atoms. The van der Waals surface area contributed by atoms with Crippen molar-refractivity contribution in [2.24, 2.45) is 11.3 Å². The lowest BCUT2D eigenvalue weighted by molar-refractivity contribution is -0.135. The number of likely N-dealkylation sites (tertiary alicyclic amines) is 1. The monoisotopic (exact) mass is 717 g/mol. The molecule has 2 fully saturated rings. The number of alkyl carbamates (subject to hydrolysis) is 1. The van der Waals surface area contributed by atoms with Crippen LogP contribution < -0.4 is 5.32 Å². The lowest BCUT2D eigenvalue weighted by Gasteiger charge is -2.30. The second-order valence-corrected chi connectivity index (χ2v) is 16.3. The maximum absolute atomic E-state index is 13.7. The molecule has 2 aromatic carbocycles. The fourth-order valence-corrected chi connectivity index (χ4v) is 10.5. The smallest absolute Gasteiger partial charge is 0.407 e. The van der Waals surface area contributed by atoms with Crippen molar-refractivity contribution in [3.8, 4) is 32.1 Å². The molecule has 1 saturated carbocycles. The highest BCUT2D eigenvalue weighted by Crippen LogP contribution is 2.57. The number of amides is 2. The van der Waals surface area contributed by atoms with Crippen LogP contribution in [0.2, 0.25) is 0 Å². The summed E-state index contributed by atoms with van der Waals surface area (Å²) in [6.07, 6.45) is 12.1. The number of H-pyrrole nitrogens is 2. The maximum Gasteiger partial charge on any atom is 0.407 e. The fourth-order valence-electron chi connectivity index (χ4n) is 9.10. The van der Waals surface area contributed by atoms with Gasteiger partial charge < -0.3 is 29.4 Å². The molecule has 12 heteroatoms. The molecule has 3 N–H and O–H groups in total. The number of aromatic amines is 2. The van der Waals surface area contributed by atoms with Gasteiger partial charge in [0.15, 0.2) is 5.58 Å². The van der Waals surface area contributed by atoms with Gasteiger partial charge in [-0.05, 0) is 91.7 Å². The Balaban J connectivity index is 1.07. The highest BCUT2D eigenvalue weighted by Gasteiger charge is 2.43.